The predicted octanol–water partition coefficient (Wildman–Crippen LogP) is 1.14. The van der Waals surface area contributed by atoms with Crippen LogP contribution in [0.3, 0.4) is 0 Å². The molecule has 26 heavy (non-hydrogen) atoms. The van der Waals surface area contributed by atoms with Gasteiger partial charge in [-0.2, -0.15) is 0 Å². The van der Waals surface area contributed by atoms with E-state index in [0.717, 1.165) is 63.2 Å². The maximum atomic E-state index is 12.5. The minimum absolute atomic E-state index is 0.134. The normalized spacial score (nSPS) is 20.5. The van der Waals surface area contributed by atoms with E-state index in [9.17, 15) is 4.79 Å². The summed E-state index contributed by atoms with van der Waals surface area (Å²) in [5.41, 5.74) is 15.0. The molecule has 0 saturated carbocycles. The van der Waals surface area contributed by atoms with Crippen LogP contribution in [0.2, 0.25) is 0 Å². The van der Waals surface area contributed by atoms with E-state index in [1.54, 1.807) is 6.42 Å². The lowest BCUT2D eigenvalue weighted by Gasteiger charge is -2.42. The number of anilines is 2. The first-order valence-electron chi connectivity index (χ1n) is 9.63. The third-order valence-electron chi connectivity index (χ3n) is 5.82. The fourth-order valence-electron chi connectivity index (χ4n) is 3.99. The van der Waals surface area contributed by atoms with Crippen LogP contribution < -0.4 is 11.5 Å². The van der Waals surface area contributed by atoms with Gasteiger partial charge in [-0.1, -0.05) is 6.07 Å². The molecule has 143 valence electrons. The molecule has 0 atom stereocenters. The fourth-order valence-corrected chi connectivity index (χ4v) is 3.99. The highest BCUT2D eigenvalue weighted by Gasteiger charge is 2.28. The van der Waals surface area contributed by atoms with E-state index >= 15 is 0 Å². The number of likely N-dealkylation sites (tertiary alicyclic amines) is 1. The Hall–Kier alpha value is -1.79. The first-order chi connectivity index (χ1) is 12.4. The fraction of sp³-hybridized carbons (Fsp3) is 0.600. The van der Waals surface area contributed by atoms with Gasteiger partial charge < -0.3 is 21.3 Å². The van der Waals surface area contributed by atoms with Crippen molar-refractivity contribution in [1.29, 1.82) is 0 Å². The number of carbonyl (C=O) groups is 1. The lowest BCUT2D eigenvalue weighted by Crippen LogP contribution is -2.53. The summed E-state index contributed by atoms with van der Waals surface area (Å²) in [5.74, 6) is 0.134. The zero-order valence-electron chi connectivity index (χ0n) is 16.1. The number of rotatable bonds is 4. The zero-order valence-corrected chi connectivity index (χ0v) is 16.1. The highest BCUT2D eigenvalue weighted by molar-refractivity contribution is 5.85. The Kier molecular flexibility index (Phi) is 6.04. The smallest absolute Gasteiger partial charge is 0.226 e. The van der Waals surface area contributed by atoms with E-state index in [2.05, 4.69) is 16.8 Å². The van der Waals surface area contributed by atoms with Crippen LogP contribution in [0, 0.1) is 13.3 Å². The van der Waals surface area contributed by atoms with Crippen LogP contribution in [0.5, 0.6) is 0 Å². The summed E-state index contributed by atoms with van der Waals surface area (Å²) >= 11 is 0. The van der Waals surface area contributed by atoms with Crippen molar-refractivity contribution in [2.24, 2.45) is 0 Å². The number of nitrogens with two attached hydrogens (primary N) is 2. The number of piperazine rings is 1. The largest absolute Gasteiger partial charge is 0.397 e. The van der Waals surface area contributed by atoms with E-state index in [1.807, 2.05) is 24.0 Å². The van der Waals surface area contributed by atoms with Crippen LogP contribution in [0.25, 0.3) is 0 Å². The molecule has 1 aromatic carbocycles. The molecule has 6 heteroatoms. The van der Waals surface area contributed by atoms with E-state index in [0.29, 0.717) is 23.8 Å². The summed E-state index contributed by atoms with van der Waals surface area (Å²) in [6.07, 6.45) is 4.54. The standard InChI is InChI=1S/C20H32N5O/c1-15-13-16(14-18(21)20(15)22)3-4-19(26)25-7-5-17(6-8-25)24-11-9-23(2)10-12-24/h4,13-14,17H,3,5-12,21-22H2,1-2H3. The topological polar surface area (TPSA) is 78.8 Å². The molecule has 1 radical (unpaired) electrons. The van der Waals surface area contributed by atoms with Gasteiger partial charge in [0.2, 0.25) is 5.91 Å². The van der Waals surface area contributed by atoms with Crippen LogP contribution in [0.15, 0.2) is 12.1 Å². The molecule has 3 rings (SSSR count). The maximum absolute atomic E-state index is 12.5. The average Bonchev–Trinajstić information content (AvgIpc) is 2.65. The third kappa shape index (κ3) is 4.48. The lowest BCUT2D eigenvalue weighted by atomic mass is 10.0. The molecular formula is C20H32N5O. The van der Waals surface area contributed by atoms with Crippen molar-refractivity contribution < 1.29 is 4.79 Å². The maximum Gasteiger partial charge on any atom is 0.226 e. The minimum atomic E-state index is 0.134. The van der Waals surface area contributed by atoms with Gasteiger partial charge in [-0.05, 0) is 50.4 Å². The lowest BCUT2D eigenvalue weighted by molar-refractivity contribution is -0.129. The van der Waals surface area contributed by atoms with Gasteiger partial charge in [0.05, 0.1) is 17.8 Å². The van der Waals surface area contributed by atoms with E-state index in [-0.39, 0.29) is 5.91 Å². The van der Waals surface area contributed by atoms with Crippen molar-refractivity contribution >= 4 is 17.3 Å². The SMILES string of the molecule is Cc1cc(C[CH]C(=O)N2CCC(N3CCN(C)CC3)CC2)cc(N)c1N. The average molecular weight is 359 g/mol. The van der Waals surface area contributed by atoms with Gasteiger partial charge >= 0.3 is 0 Å². The Morgan fingerprint density at radius 2 is 1.77 bits per heavy atom. The molecule has 1 amide bonds. The molecule has 0 unspecified atom stereocenters. The van der Waals surface area contributed by atoms with Crippen LogP contribution in [-0.4, -0.2) is 73.0 Å². The molecule has 2 aliphatic rings. The van der Waals surface area contributed by atoms with Crippen LogP contribution in [0.1, 0.15) is 24.0 Å². The number of carbonyl (C=O) groups excluding carboxylic acids is 1. The first kappa shape index (κ1) is 19.0. The van der Waals surface area contributed by atoms with Crippen LogP contribution in [-0.2, 0) is 11.2 Å². The van der Waals surface area contributed by atoms with E-state index < -0.39 is 0 Å². The number of hydrogen-bond acceptors (Lipinski definition) is 5. The van der Waals surface area contributed by atoms with Crippen molar-refractivity contribution in [2.75, 3.05) is 57.8 Å². The summed E-state index contributed by atoms with van der Waals surface area (Å²) < 4.78 is 0. The van der Waals surface area contributed by atoms with Crippen molar-refractivity contribution in [1.82, 2.24) is 14.7 Å². The summed E-state index contributed by atoms with van der Waals surface area (Å²) in [7, 11) is 2.19. The Morgan fingerprint density at radius 3 is 2.38 bits per heavy atom. The summed E-state index contributed by atoms with van der Waals surface area (Å²) in [4.78, 5) is 19.5. The third-order valence-corrected chi connectivity index (χ3v) is 5.82. The number of benzene rings is 1. The molecule has 0 spiro atoms. The molecule has 0 bridgehead atoms. The quantitative estimate of drug-likeness (QED) is 0.789. The molecule has 2 fully saturated rings. The van der Waals surface area contributed by atoms with E-state index in [1.165, 1.54) is 0 Å². The second kappa shape index (κ2) is 8.27. The highest BCUT2D eigenvalue weighted by atomic mass is 16.2. The second-order valence-corrected chi connectivity index (χ2v) is 7.72. The Balaban J connectivity index is 1.45. The molecule has 2 aliphatic heterocycles. The molecular weight excluding hydrogens is 326 g/mol. The molecule has 2 heterocycles. The molecule has 4 N–H and O–H groups in total. The number of nitrogens with zero attached hydrogens (tertiary/aromatic N) is 3. The van der Waals surface area contributed by atoms with Gasteiger partial charge in [0.25, 0.3) is 0 Å². The first-order valence-corrected chi connectivity index (χ1v) is 9.63. The second-order valence-electron chi connectivity index (χ2n) is 7.72. The van der Waals surface area contributed by atoms with Gasteiger partial charge in [-0.15, -0.1) is 0 Å². The number of nitrogen functional groups attached to an aromatic ring is 2. The summed E-state index contributed by atoms with van der Waals surface area (Å²) in [6.45, 7) is 8.26. The predicted molar refractivity (Wildman–Crippen MR) is 107 cm³/mol. The summed E-state index contributed by atoms with van der Waals surface area (Å²) in [5, 5.41) is 0. The minimum Gasteiger partial charge on any atom is -0.397 e. The van der Waals surface area contributed by atoms with Crippen LogP contribution >= 0.6 is 0 Å². The number of hydrogen-bond donors (Lipinski definition) is 2. The van der Waals surface area contributed by atoms with Crippen molar-refractivity contribution in [3.05, 3.63) is 29.7 Å². The van der Waals surface area contributed by atoms with Crippen LogP contribution in [0.4, 0.5) is 11.4 Å². The number of likely N-dealkylation sites (N-methyl/N-ethyl adjacent to an activating group) is 1. The molecule has 2 saturated heterocycles. The van der Waals surface area contributed by atoms with Crippen molar-refractivity contribution in [3.8, 4) is 0 Å². The monoisotopic (exact) mass is 358 g/mol. The number of piperidine rings is 1. The molecule has 0 aliphatic carbocycles. The zero-order chi connectivity index (χ0) is 18.7. The van der Waals surface area contributed by atoms with E-state index in [4.69, 9.17) is 11.5 Å². The van der Waals surface area contributed by atoms with Crippen molar-refractivity contribution in [2.45, 2.75) is 32.2 Å². The number of amides is 1. The molecule has 0 aromatic heterocycles. The molecule has 6 nitrogen and oxygen atoms in total. The highest BCUT2D eigenvalue weighted by Crippen LogP contribution is 2.23. The van der Waals surface area contributed by atoms with Gasteiger partial charge in [0.15, 0.2) is 0 Å². The summed E-state index contributed by atoms with van der Waals surface area (Å²) in [6, 6.07) is 4.51. The van der Waals surface area contributed by atoms with Crippen molar-refractivity contribution in [3.63, 3.8) is 0 Å². The Bertz CT molecular complexity index is 608. The molecule has 1 aromatic rings. The Labute approximate surface area is 157 Å². The van der Waals surface area contributed by atoms with Gasteiger partial charge in [0, 0.05) is 45.3 Å². The Morgan fingerprint density at radius 1 is 1.12 bits per heavy atom. The van der Waals surface area contributed by atoms with Gasteiger partial charge in [-0.25, -0.2) is 0 Å². The van der Waals surface area contributed by atoms with Gasteiger partial charge in [-0.3, -0.25) is 9.69 Å². The van der Waals surface area contributed by atoms with Gasteiger partial charge in [0.1, 0.15) is 0 Å². The number of aryl methyl sites for hydroxylation is 1.